The van der Waals surface area contributed by atoms with Gasteiger partial charge in [-0.15, -0.1) is 0 Å². The zero-order chi connectivity index (χ0) is 12.4. The molecule has 2 nitrogen and oxygen atoms in total. The fourth-order valence-electron chi connectivity index (χ4n) is 2.60. The molecule has 0 spiro atoms. The monoisotopic (exact) mass is 239 g/mol. The molecule has 0 fully saturated rings. The molecular weight excluding hydrogens is 222 g/mol. The molecule has 92 valence electrons. The van der Waals surface area contributed by atoms with Gasteiger partial charge in [0.05, 0.1) is 13.2 Å². The van der Waals surface area contributed by atoms with Crippen LogP contribution in [-0.2, 0) is 6.42 Å². The second-order valence-corrected chi connectivity index (χ2v) is 4.66. The largest absolute Gasteiger partial charge is 0.497 e. The highest BCUT2D eigenvalue weighted by Crippen LogP contribution is 2.33. The van der Waals surface area contributed by atoms with Crippen LogP contribution in [0.25, 0.3) is 0 Å². The summed E-state index contributed by atoms with van der Waals surface area (Å²) in [7, 11) is 1.69. The van der Waals surface area contributed by atoms with E-state index in [0.717, 1.165) is 11.4 Å². The Kier molecular flexibility index (Phi) is 2.93. The molecule has 0 bridgehead atoms. The lowest BCUT2D eigenvalue weighted by atomic mass is 10.1. The molecular formula is C16H17NO. The van der Waals surface area contributed by atoms with Gasteiger partial charge in [-0.05, 0) is 48.2 Å². The normalized spacial score (nSPS) is 17.3. The van der Waals surface area contributed by atoms with Gasteiger partial charge in [0.2, 0.25) is 0 Å². The standard InChI is InChI=1S/C16H17NO/c1-18-14-9-7-13(8-10-14)17-16-11-6-12-4-2-3-5-15(12)16/h2-5,7-10,16-17H,6,11H2,1H3/t16-/m1/s1. The highest BCUT2D eigenvalue weighted by molar-refractivity contribution is 5.50. The minimum atomic E-state index is 0.439. The summed E-state index contributed by atoms with van der Waals surface area (Å²) in [5.74, 6) is 0.896. The van der Waals surface area contributed by atoms with Crippen molar-refractivity contribution < 1.29 is 4.74 Å². The van der Waals surface area contributed by atoms with Gasteiger partial charge in [-0.25, -0.2) is 0 Å². The summed E-state index contributed by atoms with van der Waals surface area (Å²) in [5.41, 5.74) is 4.06. The van der Waals surface area contributed by atoms with Crippen LogP contribution in [0, 0.1) is 0 Å². The van der Waals surface area contributed by atoms with Crippen LogP contribution in [0.1, 0.15) is 23.6 Å². The molecule has 0 amide bonds. The molecule has 0 saturated carbocycles. The number of fused-ring (bicyclic) bond motifs is 1. The van der Waals surface area contributed by atoms with Gasteiger partial charge in [0, 0.05) is 5.69 Å². The topological polar surface area (TPSA) is 21.3 Å². The van der Waals surface area contributed by atoms with Crippen molar-refractivity contribution in [2.45, 2.75) is 18.9 Å². The Morgan fingerprint density at radius 2 is 1.83 bits per heavy atom. The van der Waals surface area contributed by atoms with Gasteiger partial charge in [0.1, 0.15) is 5.75 Å². The number of benzene rings is 2. The summed E-state index contributed by atoms with van der Waals surface area (Å²) >= 11 is 0. The lowest BCUT2D eigenvalue weighted by Gasteiger charge is -2.15. The number of nitrogens with one attached hydrogen (secondary N) is 1. The number of anilines is 1. The Labute approximate surface area is 108 Å². The van der Waals surface area contributed by atoms with Crippen molar-refractivity contribution in [1.29, 1.82) is 0 Å². The Morgan fingerprint density at radius 3 is 2.61 bits per heavy atom. The predicted octanol–water partition coefficient (Wildman–Crippen LogP) is 3.79. The summed E-state index contributed by atoms with van der Waals surface area (Å²) in [6.45, 7) is 0. The fourth-order valence-corrected chi connectivity index (χ4v) is 2.60. The minimum Gasteiger partial charge on any atom is -0.497 e. The molecule has 0 saturated heterocycles. The summed E-state index contributed by atoms with van der Waals surface area (Å²) < 4.78 is 5.17. The molecule has 2 aromatic carbocycles. The quantitative estimate of drug-likeness (QED) is 0.879. The molecule has 0 radical (unpaired) electrons. The van der Waals surface area contributed by atoms with E-state index in [-0.39, 0.29) is 0 Å². The van der Waals surface area contributed by atoms with Gasteiger partial charge in [0.15, 0.2) is 0 Å². The van der Waals surface area contributed by atoms with E-state index < -0.39 is 0 Å². The van der Waals surface area contributed by atoms with Gasteiger partial charge >= 0.3 is 0 Å². The van der Waals surface area contributed by atoms with Crippen molar-refractivity contribution in [2.24, 2.45) is 0 Å². The van der Waals surface area contributed by atoms with Crippen molar-refractivity contribution in [3.63, 3.8) is 0 Å². The average molecular weight is 239 g/mol. The third-order valence-corrected chi connectivity index (χ3v) is 3.56. The van der Waals surface area contributed by atoms with Crippen LogP contribution in [0.4, 0.5) is 5.69 Å². The number of rotatable bonds is 3. The van der Waals surface area contributed by atoms with Crippen LogP contribution in [0.5, 0.6) is 5.75 Å². The van der Waals surface area contributed by atoms with E-state index in [2.05, 4.69) is 41.7 Å². The Balaban J connectivity index is 1.77. The smallest absolute Gasteiger partial charge is 0.119 e. The highest BCUT2D eigenvalue weighted by atomic mass is 16.5. The van der Waals surface area contributed by atoms with Crippen LogP contribution >= 0.6 is 0 Å². The van der Waals surface area contributed by atoms with Crippen LogP contribution < -0.4 is 10.1 Å². The molecule has 3 rings (SSSR count). The van der Waals surface area contributed by atoms with E-state index >= 15 is 0 Å². The number of hydrogen-bond acceptors (Lipinski definition) is 2. The SMILES string of the molecule is COc1ccc(N[C@@H]2CCc3ccccc32)cc1. The average Bonchev–Trinajstić information content (AvgIpc) is 2.83. The molecule has 1 N–H and O–H groups in total. The summed E-state index contributed by atoms with van der Waals surface area (Å²) in [6.07, 6.45) is 2.34. The number of ether oxygens (including phenoxy) is 1. The molecule has 2 aromatic rings. The second-order valence-electron chi connectivity index (χ2n) is 4.66. The van der Waals surface area contributed by atoms with E-state index in [0.29, 0.717) is 6.04 Å². The third kappa shape index (κ3) is 2.06. The summed E-state index contributed by atoms with van der Waals surface area (Å²) in [4.78, 5) is 0. The predicted molar refractivity (Wildman–Crippen MR) is 74.1 cm³/mol. The molecule has 0 aromatic heterocycles. The van der Waals surface area contributed by atoms with Crippen molar-refractivity contribution >= 4 is 5.69 Å². The first-order valence-electron chi connectivity index (χ1n) is 6.35. The molecule has 18 heavy (non-hydrogen) atoms. The van der Waals surface area contributed by atoms with Gasteiger partial charge < -0.3 is 10.1 Å². The van der Waals surface area contributed by atoms with Crippen molar-refractivity contribution in [3.05, 3.63) is 59.7 Å². The van der Waals surface area contributed by atoms with Gasteiger partial charge in [-0.3, -0.25) is 0 Å². The van der Waals surface area contributed by atoms with E-state index in [1.165, 1.54) is 24.0 Å². The maximum atomic E-state index is 5.17. The Bertz CT molecular complexity index is 533. The molecule has 1 aliphatic carbocycles. The van der Waals surface area contributed by atoms with Gasteiger partial charge in [-0.1, -0.05) is 24.3 Å². The molecule has 2 heteroatoms. The van der Waals surface area contributed by atoms with Crippen molar-refractivity contribution in [3.8, 4) is 5.75 Å². The first kappa shape index (κ1) is 11.1. The number of hydrogen-bond donors (Lipinski definition) is 1. The van der Waals surface area contributed by atoms with Crippen LogP contribution in [-0.4, -0.2) is 7.11 Å². The molecule has 1 atom stereocenters. The van der Waals surface area contributed by atoms with E-state index in [4.69, 9.17) is 4.74 Å². The van der Waals surface area contributed by atoms with Crippen molar-refractivity contribution in [1.82, 2.24) is 0 Å². The molecule has 0 aliphatic heterocycles. The Morgan fingerprint density at radius 1 is 1.06 bits per heavy atom. The number of aryl methyl sites for hydroxylation is 1. The zero-order valence-electron chi connectivity index (χ0n) is 10.5. The second kappa shape index (κ2) is 4.73. The lowest BCUT2D eigenvalue weighted by molar-refractivity contribution is 0.415. The van der Waals surface area contributed by atoms with Gasteiger partial charge in [-0.2, -0.15) is 0 Å². The lowest BCUT2D eigenvalue weighted by Crippen LogP contribution is -2.06. The number of methoxy groups -OCH3 is 1. The van der Waals surface area contributed by atoms with Crippen LogP contribution in [0.2, 0.25) is 0 Å². The maximum absolute atomic E-state index is 5.17. The molecule has 0 unspecified atom stereocenters. The van der Waals surface area contributed by atoms with Crippen LogP contribution in [0.15, 0.2) is 48.5 Å². The molecule has 1 aliphatic rings. The summed E-state index contributed by atoms with van der Waals surface area (Å²) in [5, 5.41) is 3.59. The Hall–Kier alpha value is -1.96. The zero-order valence-corrected chi connectivity index (χ0v) is 10.5. The first-order valence-corrected chi connectivity index (χ1v) is 6.35. The molecule has 0 heterocycles. The minimum absolute atomic E-state index is 0.439. The summed E-state index contributed by atoms with van der Waals surface area (Å²) in [6, 6.07) is 17.2. The van der Waals surface area contributed by atoms with E-state index in [9.17, 15) is 0 Å². The highest BCUT2D eigenvalue weighted by Gasteiger charge is 2.21. The first-order chi connectivity index (χ1) is 8.86. The van der Waals surface area contributed by atoms with E-state index in [1.54, 1.807) is 7.11 Å². The maximum Gasteiger partial charge on any atom is 0.119 e. The third-order valence-electron chi connectivity index (χ3n) is 3.56. The van der Waals surface area contributed by atoms with Gasteiger partial charge in [0.25, 0.3) is 0 Å². The van der Waals surface area contributed by atoms with E-state index in [1.807, 2.05) is 12.1 Å². The fraction of sp³-hybridized carbons (Fsp3) is 0.250. The van der Waals surface area contributed by atoms with Crippen molar-refractivity contribution in [2.75, 3.05) is 12.4 Å². The van der Waals surface area contributed by atoms with Crippen LogP contribution in [0.3, 0.4) is 0 Å².